The molecule has 6 N–H and O–H groups in total. The third kappa shape index (κ3) is 9.90. The topological polar surface area (TPSA) is 145 Å². The average Bonchev–Trinajstić information content (AvgIpc) is 2.87. The molecule has 3 aromatic carbocycles. The van der Waals surface area contributed by atoms with Crippen molar-refractivity contribution in [2.75, 3.05) is 6.54 Å². The predicted octanol–water partition coefficient (Wildman–Crippen LogP) is 3.17. The fraction of sp³-hybridized carbons (Fsp3) is 0.269. The number of ether oxygens (including phenoxy) is 1. The maximum atomic E-state index is 12.9. The molecule has 0 saturated carbocycles. The van der Waals surface area contributed by atoms with E-state index in [0.29, 0.717) is 31.6 Å². The zero-order valence-electron chi connectivity index (χ0n) is 19.8. The first kappa shape index (κ1) is 29.3. The first-order valence-corrected chi connectivity index (χ1v) is 11.3. The number of amides is 1. The number of aliphatic carboxylic acids is 1. The number of carboxylic acids is 1. The summed E-state index contributed by atoms with van der Waals surface area (Å²) in [5, 5.41) is 11.9. The van der Waals surface area contributed by atoms with Crippen molar-refractivity contribution in [2.45, 2.75) is 37.5 Å². The second kappa shape index (κ2) is 14.0. The van der Waals surface area contributed by atoms with Crippen molar-refractivity contribution in [3.63, 3.8) is 0 Å². The van der Waals surface area contributed by atoms with Gasteiger partial charge in [0.15, 0.2) is 0 Å². The van der Waals surface area contributed by atoms with Crippen LogP contribution in [0.15, 0.2) is 72.8 Å². The van der Waals surface area contributed by atoms with Gasteiger partial charge in [-0.3, -0.25) is 4.79 Å². The van der Waals surface area contributed by atoms with Crippen LogP contribution in [-0.4, -0.2) is 47.8 Å². The minimum Gasteiger partial charge on any atom is -0.475 e. The number of carbonyl (C=O) groups excluding carboxylic acids is 2. The van der Waals surface area contributed by atoms with E-state index in [4.69, 9.17) is 26.1 Å². The summed E-state index contributed by atoms with van der Waals surface area (Å²) >= 11 is 0. The Morgan fingerprint density at radius 2 is 1.54 bits per heavy atom. The lowest BCUT2D eigenvalue weighted by Crippen LogP contribution is -2.50. The van der Waals surface area contributed by atoms with E-state index in [1.807, 2.05) is 66.7 Å². The van der Waals surface area contributed by atoms with Gasteiger partial charge in [-0.2, -0.15) is 13.2 Å². The first-order valence-electron chi connectivity index (χ1n) is 11.3. The molecule has 198 valence electrons. The molecular formula is C26H28F3N3O5. The van der Waals surface area contributed by atoms with Crippen molar-refractivity contribution >= 4 is 28.6 Å². The standard InChI is InChI=1S/C24H27N3O3.C2HF3O2/c25-14-6-11-21(26)23(28)27-22(15-17-7-2-1-3-8-17)24(29)30-20-13-12-18-9-4-5-10-19(18)16-20;3-2(4,5)1(6)7/h1-5,7-10,12-13,16,21-22H,6,11,14-15,25-26H2,(H,27,28);(H,6,7)/t21-,22-;/m1./s1. The number of hydrogen-bond acceptors (Lipinski definition) is 6. The number of halogens is 3. The highest BCUT2D eigenvalue weighted by Gasteiger charge is 2.38. The van der Waals surface area contributed by atoms with Crippen molar-refractivity contribution < 1.29 is 37.4 Å². The Kier molecular flexibility index (Phi) is 11.0. The van der Waals surface area contributed by atoms with Crippen LogP contribution >= 0.6 is 0 Å². The summed E-state index contributed by atoms with van der Waals surface area (Å²) in [5.41, 5.74) is 12.3. The van der Waals surface area contributed by atoms with Crippen molar-refractivity contribution in [2.24, 2.45) is 11.5 Å². The number of nitrogens with one attached hydrogen (secondary N) is 1. The van der Waals surface area contributed by atoms with Gasteiger partial charge in [0.05, 0.1) is 6.04 Å². The van der Waals surface area contributed by atoms with Crippen molar-refractivity contribution in [1.29, 1.82) is 0 Å². The minimum atomic E-state index is -5.08. The molecule has 0 aliphatic heterocycles. The highest BCUT2D eigenvalue weighted by molar-refractivity contribution is 5.89. The van der Waals surface area contributed by atoms with Crippen LogP contribution in [0, 0.1) is 0 Å². The molecule has 8 nitrogen and oxygen atoms in total. The summed E-state index contributed by atoms with van der Waals surface area (Å²) in [4.78, 5) is 34.3. The summed E-state index contributed by atoms with van der Waals surface area (Å²) in [6.45, 7) is 0.457. The Morgan fingerprint density at radius 3 is 2.14 bits per heavy atom. The third-order valence-electron chi connectivity index (χ3n) is 5.12. The number of esters is 1. The molecule has 0 radical (unpaired) electrons. The second-order valence-electron chi connectivity index (χ2n) is 8.02. The molecule has 2 atom stereocenters. The van der Waals surface area contributed by atoms with Crippen molar-refractivity contribution in [3.05, 3.63) is 78.4 Å². The SMILES string of the molecule is NCCC[C@@H](N)C(=O)N[C@H](Cc1ccccc1)C(=O)Oc1ccc2ccccc2c1.O=C(O)C(F)(F)F. The van der Waals surface area contributed by atoms with Crippen LogP contribution in [-0.2, 0) is 20.8 Å². The van der Waals surface area contributed by atoms with Crippen LogP contribution in [0.2, 0.25) is 0 Å². The second-order valence-corrected chi connectivity index (χ2v) is 8.02. The molecule has 0 heterocycles. The smallest absolute Gasteiger partial charge is 0.475 e. The van der Waals surface area contributed by atoms with Crippen molar-refractivity contribution in [1.82, 2.24) is 5.32 Å². The van der Waals surface area contributed by atoms with Crippen LogP contribution in [0.25, 0.3) is 10.8 Å². The van der Waals surface area contributed by atoms with Gasteiger partial charge in [0, 0.05) is 6.42 Å². The monoisotopic (exact) mass is 519 g/mol. The summed E-state index contributed by atoms with van der Waals surface area (Å²) in [7, 11) is 0. The van der Waals surface area contributed by atoms with E-state index in [9.17, 15) is 22.8 Å². The van der Waals surface area contributed by atoms with Gasteiger partial charge in [-0.25, -0.2) is 9.59 Å². The fourth-order valence-corrected chi connectivity index (χ4v) is 3.21. The quantitative estimate of drug-likeness (QED) is 0.251. The molecule has 0 saturated heterocycles. The van der Waals surface area contributed by atoms with Gasteiger partial charge in [-0.15, -0.1) is 0 Å². The highest BCUT2D eigenvalue weighted by atomic mass is 19.4. The fourth-order valence-electron chi connectivity index (χ4n) is 3.21. The lowest BCUT2D eigenvalue weighted by Gasteiger charge is -2.20. The van der Waals surface area contributed by atoms with Gasteiger partial charge >= 0.3 is 18.1 Å². The molecule has 0 bridgehead atoms. The molecule has 0 aliphatic carbocycles. The number of carboxylic acid groups (broad SMARTS) is 1. The Balaban J connectivity index is 0.000000604. The van der Waals surface area contributed by atoms with E-state index in [1.165, 1.54) is 0 Å². The normalized spacial score (nSPS) is 12.6. The molecule has 37 heavy (non-hydrogen) atoms. The summed E-state index contributed by atoms with van der Waals surface area (Å²) in [6, 6.07) is 21.2. The van der Waals surface area contributed by atoms with E-state index >= 15 is 0 Å². The first-order chi connectivity index (χ1) is 17.5. The van der Waals surface area contributed by atoms with Gasteiger partial charge in [-0.05, 0) is 47.9 Å². The number of alkyl halides is 3. The molecule has 0 unspecified atom stereocenters. The summed E-state index contributed by atoms with van der Waals surface area (Å²) < 4.78 is 37.3. The van der Waals surface area contributed by atoms with Crippen LogP contribution in [0.3, 0.4) is 0 Å². The Bertz CT molecular complexity index is 1190. The van der Waals surface area contributed by atoms with Crippen LogP contribution in [0.5, 0.6) is 5.75 Å². The minimum absolute atomic E-state index is 0.308. The van der Waals surface area contributed by atoms with Crippen LogP contribution in [0.1, 0.15) is 18.4 Å². The largest absolute Gasteiger partial charge is 0.490 e. The molecule has 0 fully saturated rings. The molecule has 1 amide bonds. The van der Waals surface area contributed by atoms with Gasteiger partial charge in [0.25, 0.3) is 0 Å². The molecule has 0 aromatic heterocycles. The van der Waals surface area contributed by atoms with Gasteiger partial charge in [0.1, 0.15) is 11.8 Å². The predicted molar refractivity (Wildman–Crippen MR) is 132 cm³/mol. The Hall–Kier alpha value is -3.96. The highest BCUT2D eigenvalue weighted by Crippen LogP contribution is 2.21. The number of carbonyl (C=O) groups is 3. The maximum Gasteiger partial charge on any atom is 0.490 e. The zero-order valence-corrected chi connectivity index (χ0v) is 19.8. The lowest BCUT2D eigenvalue weighted by atomic mass is 10.0. The Morgan fingerprint density at radius 1 is 0.946 bits per heavy atom. The van der Waals surface area contributed by atoms with E-state index in [1.54, 1.807) is 6.07 Å². The van der Waals surface area contributed by atoms with E-state index in [2.05, 4.69) is 5.32 Å². The lowest BCUT2D eigenvalue weighted by molar-refractivity contribution is -0.192. The Labute approximate surface area is 211 Å². The third-order valence-corrected chi connectivity index (χ3v) is 5.12. The number of benzene rings is 3. The average molecular weight is 520 g/mol. The number of rotatable bonds is 9. The van der Waals surface area contributed by atoms with Gasteiger partial charge in [0.2, 0.25) is 5.91 Å². The number of fused-ring (bicyclic) bond motifs is 1. The van der Waals surface area contributed by atoms with Gasteiger partial charge in [-0.1, -0.05) is 60.7 Å². The molecule has 3 aromatic rings. The molecular weight excluding hydrogens is 491 g/mol. The maximum absolute atomic E-state index is 12.9. The van der Waals surface area contributed by atoms with E-state index < -0.39 is 30.2 Å². The van der Waals surface area contributed by atoms with E-state index in [0.717, 1.165) is 16.3 Å². The zero-order chi connectivity index (χ0) is 27.4. The molecule has 0 aliphatic rings. The van der Waals surface area contributed by atoms with Gasteiger partial charge < -0.3 is 26.6 Å². The van der Waals surface area contributed by atoms with Crippen molar-refractivity contribution in [3.8, 4) is 5.75 Å². The summed E-state index contributed by atoms with van der Waals surface area (Å²) in [6.07, 6.45) is -3.68. The molecule has 11 heteroatoms. The molecule has 0 spiro atoms. The number of nitrogens with two attached hydrogens (primary N) is 2. The number of hydrogen-bond donors (Lipinski definition) is 4. The van der Waals surface area contributed by atoms with E-state index in [-0.39, 0.29) is 5.91 Å². The van der Waals surface area contributed by atoms with Crippen LogP contribution < -0.4 is 21.5 Å². The summed E-state index contributed by atoms with van der Waals surface area (Å²) in [5.74, 6) is -3.25. The molecule has 3 rings (SSSR count). The van der Waals surface area contributed by atoms with Crippen LogP contribution in [0.4, 0.5) is 13.2 Å².